The van der Waals surface area contributed by atoms with Gasteiger partial charge in [0.25, 0.3) is 0 Å². The number of methoxy groups -OCH3 is 1. The summed E-state index contributed by atoms with van der Waals surface area (Å²) in [6.07, 6.45) is 12.7. The van der Waals surface area contributed by atoms with Crippen LogP contribution >= 0.6 is 43.5 Å². The normalized spacial score (nSPS) is 14.4. The summed E-state index contributed by atoms with van der Waals surface area (Å²) in [4.78, 5) is 51.4. The number of aryl methyl sites for hydroxylation is 2. The molecule has 0 radical (unpaired) electrons. The molecule has 8 heterocycles. The molecule has 2 atom stereocenters. The van der Waals surface area contributed by atoms with E-state index >= 15 is 0 Å². The molecule has 18 nitrogen and oxygen atoms in total. The first-order valence-electron chi connectivity index (χ1n) is 21.7. The summed E-state index contributed by atoms with van der Waals surface area (Å²) in [6.45, 7) is 7.42. The van der Waals surface area contributed by atoms with Crippen molar-refractivity contribution in [1.82, 2.24) is 49.5 Å². The lowest BCUT2D eigenvalue weighted by Gasteiger charge is -2.12. The summed E-state index contributed by atoms with van der Waals surface area (Å²) in [5.41, 5.74) is 13.2. The molecular weight excluding hydrogens is 1020 g/mol. The number of pyridine rings is 2. The largest absolute Gasteiger partial charge is 0.394 e. The number of rotatable bonds is 12. The maximum Gasteiger partial charge on any atom is 0.238 e. The lowest BCUT2D eigenvalue weighted by molar-refractivity contribution is -0.117. The van der Waals surface area contributed by atoms with Gasteiger partial charge in [-0.05, 0) is 107 Å². The van der Waals surface area contributed by atoms with Crippen LogP contribution in [0.3, 0.4) is 0 Å². The van der Waals surface area contributed by atoms with E-state index in [1.54, 1.807) is 31.9 Å². The Balaban J connectivity index is 0.000000162. The van der Waals surface area contributed by atoms with Crippen LogP contribution in [0, 0.1) is 0 Å². The number of aliphatic hydroxyl groups excluding tert-OH is 1. The number of anilines is 3. The maximum absolute atomic E-state index is 13.0. The zero-order valence-electron chi connectivity index (χ0n) is 37.4. The highest BCUT2D eigenvalue weighted by Crippen LogP contribution is 2.42. The smallest absolute Gasteiger partial charge is 0.238 e. The summed E-state index contributed by atoms with van der Waals surface area (Å²) in [7, 11) is 1.55. The molecule has 21 heteroatoms. The Bertz CT molecular complexity index is 2990. The van der Waals surface area contributed by atoms with Gasteiger partial charge < -0.3 is 31.5 Å². The van der Waals surface area contributed by atoms with Crippen LogP contribution in [-0.2, 0) is 40.5 Å². The van der Waals surface area contributed by atoms with Crippen LogP contribution in [0.15, 0.2) is 107 Å². The zero-order chi connectivity index (χ0) is 48.2. The number of nitrogens with one attached hydrogen (secondary N) is 3. The van der Waals surface area contributed by atoms with E-state index in [1.807, 2.05) is 82.4 Å². The fourth-order valence-corrected chi connectivity index (χ4v) is 8.36. The first-order valence-corrected chi connectivity index (χ1v) is 23.7. The Hall–Kier alpha value is -6.29. The summed E-state index contributed by atoms with van der Waals surface area (Å²) >= 11 is 13.1. The van der Waals surface area contributed by atoms with Crippen molar-refractivity contribution in [2.24, 2.45) is 5.73 Å². The molecule has 68 heavy (non-hydrogen) atoms. The van der Waals surface area contributed by atoms with E-state index in [4.69, 9.17) is 27.4 Å². The fourth-order valence-electron chi connectivity index (χ4n) is 7.43. The van der Waals surface area contributed by atoms with Gasteiger partial charge in [-0.15, -0.1) is 0 Å². The molecule has 0 bridgehead atoms. The number of hydrogen-bond donors (Lipinski definition) is 5. The van der Waals surface area contributed by atoms with Gasteiger partial charge in [-0.1, -0.05) is 45.7 Å². The number of fused-ring (bicyclic) bond motifs is 4. The van der Waals surface area contributed by atoms with E-state index in [2.05, 4.69) is 102 Å². The zero-order valence-corrected chi connectivity index (χ0v) is 41.3. The number of benzene rings is 2. The van der Waals surface area contributed by atoms with Gasteiger partial charge in [-0.2, -0.15) is 20.2 Å². The van der Waals surface area contributed by atoms with Crippen LogP contribution in [0.25, 0.3) is 22.1 Å². The topological polar surface area (TPSA) is 239 Å². The number of carbonyl (C=O) groups excluding carboxylic acids is 2. The van der Waals surface area contributed by atoms with Crippen LogP contribution < -0.4 is 21.7 Å². The molecular formula is C47H49Br2ClN14O4. The van der Waals surface area contributed by atoms with Crippen molar-refractivity contribution in [2.45, 2.75) is 64.7 Å². The van der Waals surface area contributed by atoms with Crippen molar-refractivity contribution in [3.8, 4) is 0 Å². The second kappa shape index (κ2) is 23.6. The van der Waals surface area contributed by atoms with Gasteiger partial charge in [0, 0.05) is 90.8 Å². The number of ether oxygens (including phenoxy) is 1. The minimum atomic E-state index is -0.529. The average molecular weight is 1070 g/mol. The molecule has 0 aliphatic carbocycles. The third-order valence-corrected chi connectivity index (χ3v) is 11.7. The Morgan fingerprint density at radius 2 is 1.24 bits per heavy atom. The molecule has 352 valence electrons. The SMILES string of the molecule is CCCn1cc2c(C3C(=O)Nc4ccc(Br)cc43)nc(Cl)nc2n1.CCCn1cc2c(C3C(=O)Nc4ccc(Br)cc43)nc(NCc3ccncc3)nc2n1.COCCO.NCc1ccncc1. The van der Waals surface area contributed by atoms with Gasteiger partial charge in [0.15, 0.2) is 11.3 Å². The van der Waals surface area contributed by atoms with Crippen molar-refractivity contribution >= 4 is 94.7 Å². The Kier molecular flexibility index (Phi) is 17.2. The molecule has 6 aromatic heterocycles. The Morgan fingerprint density at radius 3 is 1.69 bits per heavy atom. The van der Waals surface area contributed by atoms with Crippen LogP contribution in [-0.4, -0.2) is 86.7 Å². The second-order valence-corrected chi connectivity index (χ2v) is 17.5. The lowest BCUT2D eigenvalue weighted by Crippen LogP contribution is -2.16. The van der Waals surface area contributed by atoms with Crippen LogP contribution in [0.4, 0.5) is 17.3 Å². The number of carbonyl (C=O) groups is 2. The molecule has 2 unspecified atom stereocenters. The van der Waals surface area contributed by atoms with Crippen LogP contribution in [0.1, 0.15) is 72.2 Å². The molecule has 0 saturated heterocycles. The summed E-state index contributed by atoms with van der Waals surface area (Å²) < 4.78 is 9.94. The predicted molar refractivity (Wildman–Crippen MR) is 268 cm³/mol. The third kappa shape index (κ3) is 12.0. The Morgan fingerprint density at radius 1 is 0.735 bits per heavy atom. The summed E-state index contributed by atoms with van der Waals surface area (Å²) in [5.74, 6) is -0.838. The van der Waals surface area contributed by atoms with E-state index in [1.165, 1.54) is 0 Å². The highest BCUT2D eigenvalue weighted by Gasteiger charge is 2.37. The van der Waals surface area contributed by atoms with Gasteiger partial charge in [0.2, 0.25) is 23.0 Å². The van der Waals surface area contributed by atoms with Gasteiger partial charge in [0.1, 0.15) is 11.8 Å². The van der Waals surface area contributed by atoms with E-state index in [9.17, 15) is 9.59 Å². The Labute approximate surface area is 413 Å². The molecule has 0 spiro atoms. The molecule has 8 aromatic rings. The number of hydrogen-bond acceptors (Lipinski definition) is 14. The molecule has 0 fully saturated rings. The molecule has 2 aromatic carbocycles. The van der Waals surface area contributed by atoms with Crippen LogP contribution in [0.5, 0.6) is 0 Å². The van der Waals surface area contributed by atoms with Crippen LogP contribution in [0.2, 0.25) is 5.28 Å². The standard InChI is InChI=1S/C22H20BrN7O.C16H13BrClN5O.C6H8N2.C3H8O2/c1-2-9-30-12-16-19(18-15-10-14(23)3-4-17(15)26-21(18)31)27-22(28-20(16)29-30)25-11-13-5-7-24-8-6-13;1-2-5-23-7-10-13(20-16(18)21-14(10)22-23)12-9-6-8(17)3-4-11(9)19-15(12)24;7-5-6-1-3-8-4-2-6;1-5-3-2-4/h3-8,10,12,18H,2,9,11H2,1H3,(H,26,31)(H,25,28,29);3-4,6-7,12H,2,5H2,1H3,(H,19,24);1-4H,5,7H2;4H,2-3H2,1H3. The van der Waals surface area contributed by atoms with E-state index < -0.39 is 11.8 Å². The number of amides is 2. The van der Waals surface area contributed by atoms with Gasteiger partial charge in [-0.3, -0.25) is 28.9 Å². The van der Waals surface area contributed by atoms with Gasteiger partial charge in [0.05, 0.1) is 35.4 Å². The molecule has 2 amide bonds. The predicted octanol–water partition coefficient (Wildman–Crippen LogP) is 7.99. The average Bonchev–Trinajstić information content (AvgIpc) is 4.11. The third-order valence-electron chi connectivity index (χ3n) is 10.5. The first-order chi connectivity index (χ1) is 33.0. The van der Waals surface area contributed by atoms with E-state index in [0.29, 0.717) is 48.3 Å². The molecule has 6 N–H and O–H groups in total. The quantitative estimate of drug-likeness (QED) is 0.0730. The molecule has 2 aliphatic heterocycles. The maximum atomic E-state index is 13.0. The second-order valence-electron chi connectivity index (χ2n) is 15.4. The highest BCUT2D eigenvalue weighted by molar-refractivity contribution is 9.10. The number of nitrogens with zero attached hydrogens (tertiary/aromatic N) is 10. The van der Waals surface area contributed by atoms with Gasteiger partial charge in [-0.25, -0.2) is 9.97 Å². The minimum absolute atomic E-state index is 0.0931. The number of nitrogens with two attached hydrogens (primary N) is 1. The first kappa shape index (κ1) is 49.6. The summed E-state index contributed by atoms with van der Waals surface area (Å²) in [6, 6.07) is 19.1. The minimum Gasteiger partial charge on any atom is -0.394 e. The van der Waals surface area contributed by atoms with E-state index in [-0.39, 0.29) is 23.7 Å². The fraction of sp³-hybridized carbons (Fsp3) is 0.277. The number of aliphatic hydroxyl groups is 1. The monoisotopic (exact) mass is 1070 g/mol. The summed E-state index contributed by atoms with van der Waals surface area (Å²) in [5, 5.41) is 27.8. The molecule has 0 saturated carbocycles. The van der Waals surface area contributed by atoms with E-state index in [0.717, 1.165) is 79.3 Å². The van der Waals surface area contributed by atoms with Crippen molar-refractivity contribution in [3.63, 3.8) is 0 Å². The lowest BCUT2D eigenvalue weighted by atomic mass is 9.95. The van der Waals surface area contributed by atoms with Crippen molar-refractivity contribution < 1.29 is 19.4 Å². The van der Waals surface area contributed by atoms with Crippen molar-refractivity contribution in [1.29, 1.82) is 0 Å². The molecule has 2 aliphatic rings. The van der Waals surface area contributed by atoms with Crippen molar-refractivity contribution in [2.75, 3.05) is 36.3 Å². The number of aromatic nitrogens is 10. The number of halogens is 3. The molecule has 10 rings (SSSR count). The van der Waals surface area contributed by atoms with Crippen molar-refractivity contribution in [3.05, 3.63) is 146 Å². The highest BCUT2D eigenvalue weighted by atomic mass is 79.9. The van der Waals surface area contributed by atoms with Gasteiger partial charge >= 0.3 is 0 Å².